The molecule has 0 aromatic rings. The molecule has 4 rings (SSSR count). The maximum Gasteiger partial charge on any atom is 0.220 e. The van der Waals surface area contributed by atoms with E-state index in [0.717, 1.165) is 43.3 Å². The molecule has 0 unspecified atom stereocenters. The first-order valence-electron chi connectivity index (χ1n) is 13.3. The number of hydrogen-bond donors (Lipinski definition) is 1. The topological polar surface area (TPSA) is 54.4 Å². The van der Waals surface area contributed by atoms with Crippen LogP contribution in [0, 0.1) is 33.5 Å². The van der Waals surface area contributed by atoms with Crippen LogP contribution in [0.25, 0.3) is 0 Å². The van der Waals surface area contributed by atoms with Gasteiger partial charge in [-0.1, -0.05) is 59.3 Å². The predicted octanol–water partition coefficient (Wildman–Crippen LogP) is 7.84. The first-order chi connectivity index (χ1) is 15.7. The quantitative estimate of drug-likeness (QED) is 0.461. The van der Waals surface area contributed by atoms with Crippen molar-refractivity contribution >= 4 is 11.6 Å². The summed E-state index contributed by atoms with van der Waals surface area (Å²) in [6.45, 7) is 18.0. The summed E-state index contributed by atoms with van der Waals surface area (Å²) in [7, 11) is 0. The smallest absolute Gasteiger partial charge is 0.220 e. The van der Waals surface area contributed by atoms with Crippen molar-refractivity contribution < 1.29 is 14.7 Å². The number of aliphatic hydroxyl groups excluding tert-OH is 1. The molecule has 0 aromatic heterocycles. The second-order valence-corrected chi connectivity index (χ2v) is 13.0. The summed E-state index contributed by atoms with van der Waals surface area (Å²) < 4.78 is 0. The normalized spacial score (nSPS) is 42.4. The molecule has 0 bridgehead atoms. The van der Waals surface area contributed by atoms with Crippen LogP contribution in [0.4, 0.5) is 0 Å². The van der Waals surface area contributed by atoms with Gasteiger partial charge in [0.05, 0.1) is 0 Å². The van der Waals surface area contributed by atoms with Gasteiger partial charge in [0.2, 0.25) is 5.78 Å². The number of allylic oxidation sites excluding steroid dienone is 7. The fraction of sp³-hybridized carbons (Fsp3) is 0.677. The van der Waals surface area contributed by atoms with Crippen LogP contribution in [0.1, 0.15) is 100 Å². The second kappa shape index (κ2) is 8.07. The van der Waals surface area contributed by atoms with Gasteiger partial charge >= 0.3 is 0 Å². The molecule has 3 heteroatoms. The van der Waals surface area contributed by atoms with Crippen molar-refractivity contribution in [3.63, 3.8) is 0 Å². The van der Waals surface area contributed by atoms with Crippen LogP contribution in [-0.2, 0) is 9.59 Å². The molecule has 6 atom stereocenters. The molecule has 4 aliphatic carbocycles. The van der Waals surface area contributed by atoms with E-state index in [1.165, 1.54) is 12.0 Å². The lowest BCUT2D eigenvalue weighted by molar-refractivity contribution is -0.122. The highest BCUT2D eigenvalue weighted by Gasteiger charge is 2.61. The summed E-state index contributed by atoms with van der Waals surface area (Å²) in [6, 6.07) is 0. The van der Waals surface area contributed by atoms with Gasteiger partial charge < -0.3 is 9.90 Å². The van der Waals surface area contributed by atoms with Crippen molar-refractivity contribution in [2.45, 2.75) is 100 Å². The standard InChI is InChI=1S/C31H44O3/c1-9-30(7)26-11-10-22-21(4)27(34)25(33)16-23(22)29(26,6)14-15-31(30,8)24-18-28(5,17-20(3)32)13-12-19(24)2/h10-11,16,19,24,34H,9,12-15,17-18H2,1-8H3/t19-,24-,28+,29+,30-,31+/m1/s1. The zero-order chi connectivity index (χ0) is 25.3. The molecule has 186 valence electrons. The SMILES string of the molecule is CC[C@]1(C)C2=CC=C3C(=CC(=O)C(O)=C3C)[C@]2(C)CC[C@@]1(C)[C@@H]1C[C@](C)(CC(C)=O)CC[C@H]1C. The molecule has 0 aliphatic heterocycles. The van der Waals surface area contributed by atoms with Gasteiger partial charge in [-0.15, -0.1) is 0 Å². The van der Waals surface area contributed by atoms with E-state index in [1.807, 2.05) is 6.92 Å². The number of hydrogen-bond acceptors (Lipinski definition) is 3. The van der Waals surface area contributed by atoms with Gasteiger partial charge in [0.15, 0.2) is 5.76 Å². The molecule has 3 nitrogen and oxygen atoms in total. The van der Waals surface area contributed by atoms with Gasteiger partial charge in [0, 0.05) is 17.4 Å². The van der Waals surface area contributed by atoms with Crippen molar-refractivity contribution in [2.24, 2.45) is 33.5 Å². The van der Waals surface area contributed by atoms with E-state index in [0.29, 0.717) is 29.6 Å². The minimum atomic E-state index is -0.264. The lowest BCUT2D eigenvalue weighted by Gasteiger charge is -2.64. The van der Waals surface area contributed by atoms with E-state index in [9.17, 15) is 14.7 Å². The Bertz CT molecular complexity index is 1050. The van der Waals surface area contributed by atoms with Gasteiger partial charge in [-0.05, 0) is 97.7 Å². The summed E-state index contributed by atoms with van der Waals surface area (Å²) in [6.07, 6.45) is 13.4. The molecule has 4 aliphatic rings. The Morgan fingerprint density at radius 3 is 2.41 bits per heavy atom. The monoisotopic (exact) mass is 464 g/mol. The third kappa shape index (κ3) is 3.44. The zero-order valence-corrected chi connectivity index (χ0v) is 22.6. The van der Waals surface area contributed by atoms with E-state index in [4.69, 9.17) is 0 Å². The van der Waals surface area contributed by atoms with Crippen LogP contribution in [0.2, 0.25) is 0 Å². The minimum absolute atomic E-state index is 0.0174. The summed E-state index contributed by atoms with van der Waals surface area (Å²) >= 11 is 0. The van der Waals surface area contributed by atoms with E-state index >= 15 is 0 Å². The Labute approximate surface area is 206 Å². The molecule has 0 saturated heterocycles. The van der Waals surface area contributed by atoms with Crippen LogP contribution in [0.3, 0.4) is 0 Å². The lowest BCUT2D eigenvalue weighted by Crippen LogP contribution is -2.56. The number of carbonyl (C=O) groups is 2. The van der Waals surface area contributed by atoms with Gasteiger partial charge in [0.1, 0.15) is 5.78 Å². The Morgan fingerprint density at radius 1 is 1.12 bits per heavy atom. The third-order valence-electron chi connectivity index (χ3n) is 11.0. The van der Waals surface area contributed by atoms with Crippen LogP contribution < -0.4 is 0 Å². The molecular weight excluding hydrogens is 420 g/mol. The first kappa shape index (κ1) is 25.2. The van der Waals surface area contributed by atoms with E-state index in [-0.39, 0.29) is 33.2 Å². The number of rotatable bonds is 4. The average molecular weight is 465 g/mol. The van der Waals surface area contributed by atoms with Crippen LogP contribution in [-0.4, -0.2) is 16.7 Å². The average Bonchev–Trinajstić information content (AvgIpc) is 2.77. The lowest BCUT2D eigenvalue weighted by atomic mass is 9.40. The van der Waals surface area contributed by atoms with Crippen LogP contribution in [0.15, 0.2) is 46.3 Å². The maximum absolute atomic E-state index is 12.6. The summed E-state index contributed by atoms with van der Waals surface area (Å²) in [5.74, 6) is 1.12. The molecule has 34 heavy (non-hydrogen) atoms. The predicted molar refractivity (Wildman–Crippen MR) is 138 cm³/mol. The fourth-order valence-electron chi connectivity index (χ4n) is 8.53. The van der Waals surface area contributed by atoms with Crippen molar-refractivity contribution in [1.29, 1.82) is 0 Å². The van der Waals surface area contributed by atoms with Crippen LogP contribution in [0.5, 0.6) is 0 Å². The molecule has 2 fully saturated rings. The largest absolute Gasteiger partial charge is 0.504 e. The first-order valence-corrected chi connectivity index (χ1v) is 13.3. The fourth-order valence-corrected chi connectivity index (χ4v) is 8.53. The summed E-state index contributed by atoms with van der Waals surface area (Å²) in [4.78, 5) is 24.7. The number of carbonyl (C=O) groups excluding carboxylic acids is 2. The van der Waals surface area contributed by atoms with Crippen molar-refractivity contribution in [3.8, 4) is 0 Å². The van der Waals surface area contributed by atoms with Gasteiger partial charge in [0.25, 0.3) is 0 Å². The van der Waals surface area contributed by atoms with Crippen LogP contribution >= 0.6 is 0 Å². The highest BCUT2D eigenvalue weighted by molar-refractivity contribution is 6.06. The molecule has 0 aromatic carbocycles. The maximum atomic E-state index is 12.6. The van der Waals surface area contributed by atoms with Crippen molar-refractivity contribution in [2.75, 3.05) is 0 Å². The van der Waals surface area contributed by atoms with Gasteiger partial charge in [-0.2, -0.15) is 0 Å². The summed E-state index contributed by atoms with van der Waals surface area (Å²) in [5.41, 5.74) is 4.24. The molecule has 0 heterocycles. The molecule has 2 saturated carbocycles. The van der Waals surface area contributed by atoms with Crippen molar-refractivity contribution in [3.05, 3.63) is 46.3 Å². The number of fused-ring (bicyclic) bond motifs is 3. The molecule has 0 amide bonds. The second-order valence-electron chi connectivity index (χ2n) is 13.0. The third-order valence-corrected chi connectivity index (χ3v) is 11.0. The minimum Gasteiger partial charge on any atom is -0.504 e. The summed E-state index contributed by atoms with van der Waals surface area (Å²) in [5, 5.41) is 10.3. The Hall–Kier alpha value is -1.90. The number of Topliss-reactive ketones (excluding diaryl/α,β-unsaturated/α-hetero) is 1. The Balaban J connectivity index is 1.81. The van der Waals surface area contributed by atoms with E-state index in [1.54, 1.807) is 13.0 Å². The van der Waals surface area contributed by atoms with Gasteiger partial charge in [-0.25, -0.2) is 0 Å². The highest BCUT2D eigenvalue weighted by atomic mass is 16.3. The van der Waals surface area contributed by atoms with Gasteiger partial charge in [-0.3, -0.25) is 4.79 Å². The van der Waals surface area contributed by atoms with E-state index < -0.39 is 0 Å². The molecule has 1 N–H and O–H groups in total. The molecule has 0 radical (unpaired) electrons. The molecule has 0 spiro atoms. The number of aliphatic hydroxyl groups is 1. The highest BCUT2D eigenvalue weighted by Crippen LogP contribution is 2.70. The Morgan fingerprint density at radius 2 is 1.79 bits per heavy atom. The Kier molecular flexibility index (Phi) is 5.98. The number of ketones is 2. The zero-order valence-electron chi connectivity index (χ0n) is 22.6. The van der Waals surface area contributed by atoms with E-state index in [2.05, 4.69) is 53.7 Å². The van der Waals surface area contributed by atoms with Crippen molar-refractivity contribution in [1.82, 2.24) is 0 Å². The molecular formula is C31H44O3.